The smallest absolute Gasteiger partial charge is 0.143 e. The van der Waals surface area contributed by atoms with Crippen molar-refractivity contribution in [2.75, 3.05) is 21.3 Å². The van der Waals surface area contributed by atoms with Crippen molar-refractivity contribution in [1.82, 2.24) is 0 Å². The molecule has 0 amide bonds. The zero-order chi connectivity index (χ0) is 37.3. The standard InChI is InChI=1S/C48H46N4O2/c1-33-8-16-39(17-9-33)49-43-24-26-47(45(29-43)51-41-20-12-35(3)13-21-41)53-31-37-6-5-7-38(28-37)32-54-48-27-25-44(50-40-18-10-34(2)11-19-40)30-46(48)52-42-22-14-36(4)15-23-42/h5-30,49-52H,31-32H2,1-4H3. The molecule has 0 aromatic heterocycles. The molecule has 0 heterocycles. The zero-order valence-electron chi connectivity index (χ0n) is 31.2. The Morgan fingerprint density at radius 2 is 0.648 bits per heavy atom. The highest BCUT2D eigenvalue weighted by Gasteiger charge is 2.11. The van der Waals surface area contributed by atoms with Crippen molar-refractivity contribution in [2.45, 2.75) is 40.9 Å². The molecule has 0 aliphatic rings. The predicted molar refractivity (Wildman–Crippen MR) is 226 cm³/mol. The summed E-state index contributed by atoms with van der Waals surface area (Å²) >= 11 is 0. The Balaban J connectivity index is 1.06. The summed E-state index contributed by atoms with van der Waals surface area (Å²) in [5, 5.41) is 14.2. The molecule has 0 spiro atoms. The van der Waals surface area contributed by atoms with Gasteiger partial charge < -0.3 is 30.7 Å². The molecule has 0 aliphatic carbocycles. The van der Waals surface area contributed by atoms with Crippen LogP contribution >= 0.6 is 0 Å². The number of aryl methyl sites for hydroxylation is 4. The molecule has 0 bridgehead atoms. The second kappa shape index (κ2) is 16.8. The number of ether oxygens (including phenoxy) is 2. The fourth-order valence-electron chi connectivity index (χ4n) is 5.99. The molecule has 54 heavy (non-hydrogen) atoms. The molecule has 0 atom stereocenters. The van der Waals surface area contributed by atoms with E-state index >= 15 is 0 Å². The average Bonchev–Trinajstić information content (AvgIpc) is 3.18. The average molecular weight is 711 g/mol. The summed E-state index contributed by atoms with van der Waals surface area (Å²) in [6.45, 7) is 9.17. The van der Waals surface area contributed by atoms with E-state index in [-0.39, 0.29) is 0 Å². The first-order valence-corrected chi connectivity index (χ1v) is 18.3. The van der Waals surface area contributed by atoms with Crippen LogP contribution in [0.2, 0.25) is 0 Å². The van der Waals surface area contributed by atoms with Crippen molar-refractivity contribution < 1.29 is 9.47 Å². The van der Waals surface area contributed by atoms with Crippen LogP contribution in [0.4, 0.5) is 45.5 Å². The summed E-state index contributed by atoms with van der Waals surface area (Å²) in [5.74, 6) is 1.52. The number of hydrogen-bond donors (Lipinski definition) is 4. The van der Waals surface area contributed by atoms with Gasteiger partial charge in [-0.1, -0.05) is 89.0 Å². The van der Waals surface area contributed by atoms with E-state index in [0.29, 0.717) is 13.2 Å². The number of anilines is 8. The van der Waals surface area contributed by atoms with Gasteiger partial charge in [-0.2, -0.15) is 0 Å². The van der Waals surface area contributed by atoms with Crippen LogP contribution < -0.4 is 30.7 Å². The van der Waals surface area contributed by atoms with Gasteiger partial charge in [0.2, 0.25) is 0 Å². The maximum atomic E-state index is 6.47. The molecule has 6 nitrogen and oxygen atoms in total. The normalized spacial score (nSPS) is 10.7. The molecule has 4 N–H and O–H groups in total. The van der Waals surface area contributed by atoms with Crippen molar-refractivity contribution in [2.24, 2.45) is 0 Å². The quantitative estimate of drug-likeness (QED) is 0.0901. The fourth-order valence-corrected chi connectivity index (χ4v) is 5.99. The summed E-state index contributed by atoms with van der Waals surface area (Å²) in [6, 6.07) is 54.1. The van der Waals surface area contributed by atoms with Crippen molar-refractivity contribution in [3.05, 3.63) is 191 Å². The number of hydrogen-bond acceptors (Lipinski definition) is 6. The number of rotatable bonds is 14. The van der Waals surface area contributed by atoms with Gasteiger partial charge >= 0.3 is 0 Å². The van der Waals surface area contributed by atoms with Gasteiger partial charge in [0, 0.05) is 34.1 Å². The lowest BCUT2D eigenvalue weighted by Crippen LogP contribution is -2.03. The lowest BCUT2D eigenvalue weighted by atomic mass is 10.1. The van der Waals surface area contributed by atoms with Crippen LogP contribution in [0.3, 0.4) is 0 Å². The van der Waals surface area contributed by atoms with Gasteiger partial charge in [-0.05, 0) is 130 Å². The Labute approximate surface area is 318 Å². The van der Waals surface area contributed by atoms with E-state index in [9.17, 15) is 0 Å². The molecule has 0 radical (unpaired) electrons. The Kier molecular flexibility index (Phi) is 11.1. The summed E-state index contributed by atoms with van der Waals surface area (Å²) < 4.78 is 12.9. The summed E-state index contributed by atoms with van der Waals surface area (Å²) in [4.78, 5) is 0. The molecule has 0 unspecified atom stereocenters. The minimum absolute atomic E-state index is 0.404. The molecule has 0 saturated carbocycles. The molecule has 0 aliphatic heterocycles. The van der Waals surface area contributed by atoms with Crippen molar-refractivity contribution in [3.63, 3.8) is 0 Å². The van der Waals surface area contributed by atoms with Gasteiger partial charge in [0.1, 0.15) is 24.7 Å². The molecule has 0 saturated heterocycles. The highest BCUT2D eigenvalue weighted by molar-refractivity contribution is 5.75. The Morgan fingerprint density at radius 3 is 1.00 bits per heavy atom. The van der Waals surface area contributed by atoms with Gasteiger partial charge in [0.05, 0.1) is 11.4 Å². The number of nitrogens with one attached hydrogen (secondary N) is 4. The van der Waals surface area contributed by atoms with Gasteiger partial charge in [-0.15, -0.1) is 0 Å². The molecule has 7 aromatic carbocycles. The van der Waals surface area contributed by atoms with Crippen LogP contribution in [0.5, 0.6) is 11.5 Å². The molecule has 7 rings (SSSR count). The van der Waals surface area contributed by atoms with Crippen molar-refractivity contribution in [3.8, 4) is 11.5 Å². The Morgan fingerprint density at radius 1 is 0.333 bits per heavy atom. The van der Waals surface area contributed by atoms with E-state index in [2.05, 4.69) is 182 Å². The topological polar surface area (TPSA) is 66.6 Å². The lowest BCUT2D eigenvalue weighted by Gasteiger charge is -2.17. The highest BCUT2D eigenvalue weighted by Crippen LogP contribution is 2.35. The highest BCUT2D eigenvalue weighted by atomic mass is 16.5. The second-order valence-electron chi connectivity index (χ2n) is 13.8. The van der Waals surface area contributed by atoms with E-state index in [1.165, 1.54) is 22.3 Å². The zero-order valence-corrected chi connectivity index (χ0v) is 31.2. The van der Waals surface area contributed by atoms with E-state index in [0.717, 1.165) is 68.1 Å². The molecule has 270 valence electrons. The minimum atomic E-state index is 0.404. The largest absolute Gasteiger partial charge is 0.487 e. The lowest BCUT2D eigenvalue weighted by molar-refractivity contribution is 0.301. The summed E-state index contributed by atoms with van der Waals surface area (Å²) in [6.07, 6.45) is 0. The van der Waals surface area contributed by atoms with Crippen LogP contribution in [0.1, 0.15) is 33.4 Å². The molecule has 6 heteroatoms. The summed E-state index contributed by atoms with van der Waals surface area (Å²) in [7, 11) is 0. The third-order valence-electron chi connectivity index (χ3n) is 9.08. The van der Waals surface area contributed by atoms with E-state index in [4.69, 9.17) is 9.47 Å². The first-order chi connectivity index (χ1) is 26.3. The maximum absolute atomic E-state index is 6.47. The summed E-state index contributed by atoms with van der Waals surface area (Å²) in [5.41, 5.74) is 14.7. The third kappa shape index (κ3) is 9.81. The fraction of sp³-hybridized carbons (Fsp3) is 0.125. The van der Waals surface area contributed by atoms with Gasteiger partial charge in [0.15, 0.2) is 0 Å². The van der Waals surface area contributed by atoms with Crippen LogP contribution in [0.15, 0.2) is 158 Å². The van der Waals surface area contributed by atoms with E-state index in [1.54, 1.807) is 0 Å². The van der Waals surface area contributed by atoms with E-state index in [1.807, 2.05) is 24.3 Å². The van der Waals surface area contributed by atoms with Crippen LogP contribution in [0, 0.1) is 27.7 Å². The third-order valence-corrected chi connectivity index (χ3v) is 9.08. The monoisotopic (exact) mass is 710 g/mol. The minimum Gasteiger partial charge on any atom is -0.487 e. The number of benzene rings is 7. The molecular weight excluding hydrogens is 665 g/mol. The maximum Gasteiger partial charge on any atom is 0.143 e. The SMILES string of the molecule is Cc1ccc(Nc2ccc(OCc3cccc(COc4ccc(Nc5ccc(C)cc5)cc4Nc4ccc(C)cc4)c3)c(Nc3ccc(C)cc3)c2)cc1. The first-order valence-electron chi connectivity index (χ1n) is 18.3. The Hall–Kier alpha value is -6.66. The van der Waals surface area contributed by atoms with Crippen LogP contribution in [0.25, 0.3) is 0 Å². The van der Waals surface area contributed by atoms with Crippen molar-refractivity contribution in [1.29, 1.82) is 0 Å². The molecular formula is C48H46N4O2. The van der Waals surface area contributed by atoms with Gasteiger partial charge in [-0.25, -0.2) is 0 Å². The Bertz CT molecular complexity index is 2140. The second-order valence-corrected chi connectivity index (χ2v) is 13.8. The van der Waals surface area contributed by atoms with Gasteiger partial charge in [0.25, 0.3) is 0 Å². The molecule has 7 aromatic rings. The van der Waals surface area contributed by atoms with Crippen LogP contribution in [-0.4, -0.2) is 0 Å². The van der Waals surface area contributed by atoms with Crippen LogP contribution in [-0.2, 0) is 13.2 Å². The van der Waals surface area contributed by atoms with Gasteiger partial charge in [-0.3, -0.25) is 0 Å². The predicted octanol–water partition coefficient (Wildman–Crippen LogP) is 13.1. The first kappa shape index (κ1) is 35.7. The van der Waals surface area contributed by atoms with Crippen molar-refractivity contribution >= 4 is 45.5 Å². The van der Waals surface area contributed by atoms with E-state index < -0.39 is 0 Å². The molecule has 0 fully saturated rings.